The summed E-state index contributed by atoms with van der Waals surface area (Å²) >= 11 is 0. The van der Waals surface area contributed by atoms with Crippen LogP contribution in [-0.4, -0.2) is 29.5 Å². The number of hydrogen-bond acceptors (Lipinski definition) is 5. The lowest BCUT2D eigenvalue weighted by Crippen LogP contribution is -2.11. The van der Waals surface area contributed by atoms with Gasteiger partial charge in [0, 0.05) is 18.6 Å². The minimum Gasteiger partial charge on any atom is -0.358 e. The van der Waals surface area contributed by atoms with E-state index < -0.39 is 16.6 Å². The van der Waals surface area contributed by atoms with Crippen molar-refractivity contribution in [3.63, 3.8) is 0 Å². The Kier molecular flexibility index (Phi) is 4.02. The topological polar surface area (TPSA) is 91.7 Å². The van der Waals surface area contributed by atoms with E-state index in [0.717, 1.165) is 12.1 Å². The largest absolute Gasteiger partial charge is 0.358 e. The molecule has 0 N–H and O–H groups in total. The average Bonchev–Trinajstić information content (AvgIpc) is 3.12. The van der Waals surface area contributed by atoms with Crippen LogP contribution in [0.15, 0.2) is 30.6 Å². The normalized spacial score (nSPS) is 11.0. The van der Waals surface area contributed by atoms with E-state index in [1.165, 1.54) is 27.7 Å². The monoisotopic (exact) mass is 334 g/mol. The SMILES string of the molecule is Cc1ncc([N+](=O)[O-])n1CCn1cc(-c2ccc(F)cc2F)nn1. The fraction of sp³-hybridized carbons (Fsp3) is 0.214. The highest BCUT2D eigenvalue weighted by Crippen LogP contribution is 2.21. The summed E-state index contributed by atoms with van der Waals surface area (Å²) in [4.78, 5) is 14.3. The molecule has 0 aliphatic rings. The Morgan fingerprint density at radius 2 is 2.08 bits per heavy atom. The number of benzene rings is 1. The van der Waals surface area contributed by atoms with Gasteiger partial charge in [0.2, 0.25) is 0 Å². The van der Waals surface area contributed by atoms with Gasteiger partial charge in [0.15, 0.2) is 5.82 Å². The van der Waals surface area contributed by atoms with Gasteiger partial charge in [-0.2, -0.15) is 0 Å². The lowest BCUT2D eigenvalue weighted by Gasteiger charge is -2.02. The van der Waals surface area contributed by atoms with Gasteiger partial charge in [-0.05, 0) is 17.1 Å². The van der Waals surface area contributed by atoms with Gasteiger partial charge in [0.1, 0.15) is 30.1 Å². The predicted molar refractivity (Wildman–Crippen MR) is 79.0 cm³/mol. The molecule has 0 aliphatic carbocycles. The third-order valence-electron chi connectivity index (χ3n) is 3.52. The molecule has 1 aromatic carbocycles. The molecule has 124 valence electrons. The van der Waals surface area contributed by atoms with Crippen LogP contribution >= 0.6 is 0 Å². The third kappa shape index (κ3) is 2.98. The van der Waals surface area contributed by atoms with Crippen molar-refractivity contribution in [1.29, 1.82) is 0 Å². The highest BCUT2D eigenvalue weighted by Gasteiger charge is 2.17. The summed E-state index contributed by atoms with van der Waals surface area (Å²) in [6.45, 7) is 2.21. The lowest BCUT2D eigenvalue weighted by atomic mass is 10.1. The first-order valence-electron chi connectivity index (χ1n) is 6.98. The molecule has 0 fully saturated rings. The van der Waals surface area contributed by atoms with E-state index in [2.05, 4.69) is 15.3 Å². The maximum Gasteiger partial charge on any atom is 0.342 e. The van der Waals surface area contributed by atoms with Gasteiger partial charge in [-0.25, -0.2) is 23.0 Å². The first kappa shape index (κ1) is 15.7. The number of imidazole rings is 1. The summed E-state index contributed by atoms with van der Waals surface area (Å²) in [5, 5.41) is 18.6. The van der Waals surface area contributed by atoms with Crippen LogP contribution in [0.3, 0.4) is 0 Å². The van der Waals surface area contributed by atoms with Crippen molar-refractivity contribution in [2.45, 2.75) is 20.0 Å². The molecule has 0 unspecified atom stereocenters. The molecule has 0 saturated heterocycles. The molecule has 2 heterocycles. The second-order valence-corrected chi connectivity index (χ2v) is 5.06. The average molecular weight is 334 g/mol. The minimum absolute atomic E-state index is 0.114. The van der Waals surface area contributed by atoms with Crippen molar-refractivity contribution in [2.24, 2.45) is 0 Å². The van der Waals surface area contributed by atoms with E-state index in [-0.39, 0.29) is 30.2 Å². The van der Waals surface area contributed by atoms with Crippen molar-refractivity contribution < 1.29 is 13.7 Å². The van der Waals surface area contributed by atoms with Gasteiger partial charge in [-0.15, -0.1) is 5.10 Å². The van der Waals surface area contributed by atoms with Crippen LogP contribution in [0.2, 0.25) is 0 Å². The Hall–Kier alpha value is -3.17. The van der Waals surface area contributed by atoms with Crippen LogP contribution in [0.4, 0.5) is 14.6 Å². The second kappa shape index (κ2) is 6.14. The summed E-state index contributed by atoms with van der Waals surface area (Å²) in [6, 6.07) is 3.19. The molecule has 3 rings (SSSR count). The van der Waals surface area contributed by atoms with Crippen molar-refractivity contribution in [1.82, 2.24) is 24.5 Å². The van der Waals surface area contributed by atoms with Crippen molar-refractivity contribution in [3.8, 4) is 11.3 Å². The Labute approximate surface area is 134 Å². The molecule has 0 spiro atoms. The lowest BCUT2D eigenvalue weighted by molar-refractivity contribution is -0.392. The Bertz CT molecular complexity index is 905. The maximum atomic E-state index is 13.7. The molecule has 0 aliphatic heterocycles. The van der Waals surface area contributed by atoms with Crippen molar-refractivity contribution in [3.05, 3.63) is 58.2 Å². The first-order valence-corrected chi connectivity index (χ1v) is 6.98. The molecule has 0 saturated carbocycles. The summed E-state index contributed by atoms with van der Waals surface area (Å²) in [5.41, 5.74) is 0.386. The Morgan fingerprint density at radius 1 is 1.29 bits per heavy atom. The number of halogens is 2. The molecule has 24 heavy (non-hydrogen) atoms. The van der Waals surface area contributed by atoms with E-state index in [1.54, 1.807) is 6.92 Å². The standard InChI is InChI=1S/C14H12F2N6O2/c1-9-17-7-14(22(23)24)21(9)5-4-20-8-13(18-19-20)11-3-2-10(15)6-12(11)16/h2-3,6-8H,4-5H2,1H3. The molecule has 8 nitrogen and oxygen atoms in total. The van der Waals surface area contributed by atoms with Gasteiger partial charge in [0.25, 0.3) is 0 Å². The van der Waals surface area contributed by atoms with Gasteiger partial charge >= 0.3 is 5.82 Å². The maximum absolute atomic E-state index is 13.7. The molecule has 0 amide bonds. The number of aryl methyl sites for hydroxylation is 2. The fourth-order valence-electron chi connectivity index (χ4n) is 2.31. The summed E-state index contributed by atoms with van der Waals surface area (Å²) in [7, 11) is 0. The number of nitrogens with zero attached hydrogens (tertiary/aromatic N) is 6. The number of hydrogen-bond donors (Lipinski definition) is 0. The van der Waals surface area contributed by atoms with Gasteiger partial charge < -0.3 is 10.1 Å². The van der Waals surface area contributed by atoms with Gasteiger partial charge in [0.05, 0.1) is 12.7 Å². The summed E-state index contributed by atoms with van der Waals surface area (Å²) in [5.74, 6) is -1.02. The molecule has 0 radical (unpaired) electrons. The Balaban J connectivity index is 1.78. The van der Waals surface area contributed by atoms with E-state index in [4.69, 9.17) is 0 Å². The molecular weight excluding hydrogens is 322 g/mol. The van der Waals surface area contributed by atoms with Crippen LogP contribution < -0.4 is 0 Å². The zero-order valence-corrected chi connectivity index (χ0v) is 12.6. The molecule has 10 heteroatoms. The number of rotatable bonds is 5. The van der Waals surface area contributed by atoms with Crippen LogP contribution in [0.1, 0.15) is 5.82 Å². The van der Waals surface area contributed by atoms with Crippen LogP contribution in [0.5, 0.6) is 0 Å². The highest BCUT2D eigenvalue weighted by atomic mass is 19.1. The molecular formula is C14H12F2N6O2. The number of nitro groups is 1. The number of aromatic nitrogens is 5. The van der Waals surface area contributed by atoms with E-state index in [0.29, 0.717) is 5.82 Å². The third-order valence-corrected chi connectivity index (χ3v) is 3.52. The molecule has 3 aromatic rings. The van der Waals surface area contributed by atoms with Gasteiger partial charge in [-0.3, -0.25) is 0 Å². The smallest absolute Gasteiger partial charge is 0.342 e. The molecule has 0 bridgehead atoms. The fourth-order valence-corrected chi connectivity index (χ4v) is 2.31. The van der Waals surface area contributed by atoms with E-state index in [1.807, 2.05) is 0 Å². The van der Waals surface area contributed by atoms with Gasteiger partial charge in [-0.1, -0.05) is 5.21 Å². The predicted octanol–water partition coefficient (Wildman–Crippen LogP) is 2.34. The second-order valence-electron chi connectivity index (χ2n) is 5.06. The Morgan fingerprint density at radius 3 is 2.79 bits per heavy atom. The summed E-state index contributed by atoms with van der Waals surface area (Å²) < 4.78 is 29.6. The van der Waals surface area contributed by atoms with Crippen molar-refractivity contribution in [2.75, 3.05) is 0 Å². The zero-order valence-electron chi connectivity index (χ0n) is 12.6. The van der Waals surface area contributed by atoms with Crippen LogP contribution in [0.25, 0.3) is 11.3 Å². The minimum atomic E-state index is -0.733. The molecule has 0 atom stereocenters. The van der Waals surface area contributed by atoms with Crippen LogP contribution in [-0.2, 0) is 13.1 Å². The highest BCUT2D eigenvalue weighted by molar-refractivity contribution is 5.58. The summed E-state index contributed by atoms with van der Waals surface area (Å²) in [6.07, 6.45) is 2.68. The molecule has 2 aromatic heterocycles. The van der Waals surface area contributed by atoms with Crippen molar-refractivity contribution >= 4 is 5.82 Å². The van der Waals surface area contributed by atoms with E-state index >= 15 is 0 Å². The van der Waals surface area contributed by atoms with Crippen LogP contribution in [0, 0.1) is 28.7 Å². The first-order chi connectivity index (χ1) is 11.5. The van der Waals surface area contributed by atoms with E-state index in [9.17, 15) is 18.9 Å². The quantitative estimate of drug-likeness (QED) is 0.527. The zero-order chi connectivity index (χ0) is 17.3.